The van der Waals surface area contributed by atoms with Crippen molar-refractivity contribution in [1.29, 1.82) is 0 Å². The zero-order valence-corrected chi connectivity index (χ0v) is 12.0. The van der Waals surface area contributed by atoms with Gasteiger partial charge in [-0.15, -0.1) is 0 Å². The smallest absolute Gasteiger partial charge is 0.177 e. The van der Waals surface area contributed by atoms with E-state index in [-0.39, 0.29) is 0 Å². The fraction of sp³-hybridized carbons (Fsp3) is 0.400. The molecule has 1 fully saturated rings. The SMILES string of the molecule is Cc1c[nH]c(=S)n1C1CCN(Cc2ccccc2)C1. The Labute approximate surface area is 118 Å². The van der Waals surface area contributed by atoms with Crippen molar-refractivity contribution in [1.82, 2.24) is 14.5 Å². The molecule has 0 radical (unpaired) electrons. The molecule has 1 aliphatic rings. The normalized spacial score (nSPS) is 19.9. The van der Waals surface area contributed by atoms with Crippen LogP contribution in [0.15, 0.2) is 36.5 Å². The number of rotatable bonds is 3. The first kappa shape index (κ1) is 12.6. The Balaban J connectivity index is 1.69. The predicted octanol–water partition coefficient (Wildman–Crippen LogP) is 3.30. The van der Waals surface area contributed by atoms with Gasteiger partial charge in [-0.05, 0) is 31.1 Å². The number of aromatic amines is 1. The number of aryl methyl sites for hydroxylation is 1. The zero-order valence-electron chi connectivity index (χ0n) is 11.2. The molecule has 1 aliphatic heterocycles. The highest BCUT2D eigenvalue weighted by Gasteiger charge is 2.24. The van der Waals surface area contributed by atoms with Gasteiger partial charge >= 0.3 is 0 Å². The van der Waals surface area contributed by atoms with E-state index in [0.29, 0.717) is 6.04 Å². The molecule has 100 valence electrons. The van der Waals surface area contributed by atoms with Crippen LogP contribution in [0.5, 0.6) is 0 Å². The third-order valence-corrected chi connectivity index (χ3v) is 4.18. The maximum Gasteiger partial charge on any atom is 0.177 e. The van der Waals surface area contributed by atoms with Crippen molar-refractivity contribution in [2.45, 2.75) is 25.9 Å². The molecule has 0 bridgehead atoms. The number of aromatic nitrogens is 2. The molecular formula is C15H19N3S. The Hall–Kier alpha value is -1.39. The molecule has 0 amide bonds. The molecule has 4 heteroatoms. The van der Waals surface area contributed by atoms with E-state index in [0.717, 1.165) is 24.4 Å². The number of imidazole rings is 1. The highest BCUT2D eigenvalue weighted by Crippen LogP contribution is 2.24. The van der Waals surface area contributed by atoms with E-state index in [1.54, 1.807) is 0 Å². The van der Waals surface area contributed by atoms with Crippen LogP contribution in [-0.4, -0.2) is 27.5 Å². The van der Waals surface area contributed by atoms with E-state index in [1.165, 1.54) is 17.7 Å². The van der Waals surface area contributed by atoms with Gasteiger partial charge < -0.3 is 9.55 Å². The summed E-state index contributed by atoms with van der Waals surface area (Å²) < 4.78 is 3.12. The third kappa shape index (κ3) is 2.65. The molecule has 1 atom stereocenters. The summed E-state index contributed by atoms with van der Waals surface area (Å²) in [5.74, 6) is 0. The van der Waals surface area contributed by atoms with Gasteiger partial charge in [-0.25, -0.2) is 0 Å². The minimum absolute atomic E-state index is 0.516. The van der Waals surface area contributed by atoms with E-state index in [1.807, 2.05) is 6.20 Å². The molecule has 0 aliphatic carbocycles. The van der Waals surface area contributed by atoms with Crippen LogP contribution in [0.1, 0.15) is 23.7 Å². The second-order valence-corrected chi connectivity index (χ2v) is 5.66. The molecule has 19 heavy (non-hydrogen) atoms. The van der Waals surface area contributed by atoms with Crippen molar-refractivity contribution in [2.24, 2.45) is 0 Å². The van der Waals surface area contributed by atoms with E-state index in [2.05, 4.69) is 51.7 Å². The molecule has 2 heterocycles. The molecular weight excluding hydrogens is 254 g/mol. The first-order valence-corrected chi connectivity index (χ1v) is 7.17. The van der Waals surface area contributed by atoms with Crippen LogP contribution in [0.2, 0.25) is 0 Å². The van der Waals surface area contributed by atoms with Crippen LogP contribution in [-0.2, 0) is 6.54 Å². The summed E-state index contributed by atoms with van der Waals surface area (Å²) >= 11 is 5.37. The summed E-state index contributed by atoms with van der Waals surface area (Å²) in [6.45, 7) is 5.38. The Kier molecular flexibility index (Phi) is 3.53. The van der Waals surface area contributed by atoms with Gasteiger partial charge in [0.15, 0.2) is 4.77 Å². The van der Waals surface area contributed by atoms with Gasteiger partial charge in [-0.2, -0.15) is 0 Å². The van der Waals surface area contributed by atoms with Gasteiger partial charge in [0.05, 0.1) is 6.04 Å². The molecule has 2 aromatic rings. The molecule has 0 spiro atoms. The van der Waals surface area contributed by atoms with Crippen molar-refractivity contribution in [3.8, 4) is 0 Å². The molecule has 3 rings (SSSR count). The lowest BCUT2D eigenvalue weighted by Crippen LogP contribution is -2.21. The highest BCUT2D eigenvalue weighted by molar-refractivity contribution is 7.71. The number of hydrogen-bond acceptors (Lipinski definition) is 2. The second-order valence-electron chi connectivity index (χ2n) is 5.27. The van der Waals surface area contributed by atoms with Gasteiger partial charge in [0, 0.05) is 31.5 Å². The van der Waals surface area contributed by atoms with Crippen molar-refractivity contribution >= 4 is 12.2 Å². The second kappa shape index (κ2) is 5.31. The Morgan fingerprint density at radius 1 is 1.32 bits per heavy atom. The summed E-state index contributed by atoms with van der Waals surface area (Å²) in [5, 5.41) is 0. The van der Waals surface area contributed by atoms with Crippen LogP contribution >= 0.6 is 12.2 Å². The minimum Gasteiger partial charge on any atom is -0.337 e. The van der Waals surface area contributed by atoms with Gasteiger partial charge in [0.1, 0.15) is 0 Å². The molecule has 1 aromatic heterocycles. The van der Waals surface area contributed by atoms with Crippen LogP contribution in [0, 0.1) is 11.7 Å². The Bertz CT molecular complexity index is 599. The number of nitrogens with one attached hydrogen (secondary N) is 1. The lowest BCUT2D eigenvalue weighted by Gasteiger charge is -2.17. The molecule has 0 saturated carbocycles. The summed E-state index contributed by atoms with van der Waals surface area (Å²) in [6.07, 6.45) is 3.18. The lowest BCUT2D eigenvalue weighted by molar-refractivity contribution is 0.315. The maximum absolute atomic E-state index is 5.37. The van der Waals surface area contributed by atoms with E-state index < -0.39 is 0 Å². The number of benzene rings is 1. The standard InChI is InChI=1S/C15H19N3S/c1-12-9-16-15(19)18(12)14-7-8-17(11-14)10-13-5-3-2-4-6-13/h2-6,9,14H,7-8,10-11H2,1H3,(H,16,19). The summed E-state index contributed by atoms with van der Waals surface area (Å²) in [7, 11) is 0. The fourth-order valence-electron chi connectivity index (χ4n) is 2.93. The fourth-order valence-corrected chi connectivity index (χ4v) is 3.28. The zero-order chi connectivity index (χ0) is 13.2. The number of nitrogens with zero attached hydrogens (tertiary/aromatic N) is 2. The van der Waals surface area contributed by atoms with Gasteiger partial charge in [-0.1, -0.05) is 30.3 Å². The van der Waals surface area contributed by atoms with Crippen LogP contribution < -0.4 is 0 Å². The Morgan fingerprint density at radius 2 is 2.11 bits per heavy atom. The van der Waals surface area contributed by atoms with Crippen LogP contribution in [0.25, 0.3) is 0 Å². The number of likely N-dealkylation sites (tertiary alicyclic amines) is 1. The van der Waals surface area contributed by atoms with Gasteiger partial charge in [0.2, 0.25) is 0 Å². The first-order chi connectivity index (χ1) is 9.24. The molecule has 3 nitrogen and oxygen atoms in total. The average molecular weight is 273 g/mol. The maximum atomic E-state index is 5.37. The van der Waals surface area contributed by atoms with Crippen LogP contribution in [0.4, 0.5) is 0 Å². The quantitative estimate of drug-likeness (QED) is 0.868. The predicted molar refractivity (Wildman–Crippen MR) is 79.7 cm³/mol. The minimum atomic E-state index is 0.516. The summed E-state index contributed by atoms with van der Waals surface area (Å²) in [5.41, 5.74) is 2.62. The lowest BCUT2D eigenvalue weighted by atomic mass is 10.2. The number of H-pyrrole nitrogens is 1. The average Bonchev–Trinajstić information content (AvgIpc) is 2.98. The highest BCUT2D eigenvalue weighted by atomic mass is 32.1. The van der Waals surface area contributed by atoms with Crippen molar-refractivity contribution in [3.63, 3.8) is 0 Å². The van der Waals surface area contributed by atoms with Gasteiger partial charge in [0.25, 0.3) is 0 Å². The topological polar surface area (TPSA) is 24.0 Å². The monoisotopic (exact) mass is 273 g/mol. The molecule has 1 saturated heterocycles. The molecule has 1 unspecified atom stereocenters. The Morgan fingerprint density at radius 3 is 2.79 bits per heavy atom. The number of hydrogen-bond donors (Lipinski definition) is 1. The summed E-state index contributed by atoms with van der Waals surface area (Å²) in [6, 6.07) is 11.2. The first-order valence-electron chi connectivity index (χ1n) is 6.77. The van der Waals surface area contributed by atoms with Gasteiger partial charge in [-0.3, -0.25) is 4.90 Å². The van der Waals surface area contributed by atoms with Crippen molar-refractivity contribution < 1.29 is 0 Å². The molecule has 1 N–H and O–H groups in total. The largest absolute Gasteiger partial charge is 0.337 e. The third-order valence-electron chi connectivity index (χ3n) is 3.86. The summed E-state index contributed by atoms with van der Waals surface area (Å²) in [4.78, 5) is 5.65. The van der Waals surface area contributed by atoms with Crippen molar-refractivity contribution in [2.75, 3.05) is 13.1 Å². The van der Waals surface area contributed by atoms with Crippen LogP contribution in [0.3, 0.4) is 0 Å². The van der Waals surface area contributed by atoms with E-state index in [4.69, 9.17) is 12.2 Å². The van der Waals surface area contributed by atoms with E-state index in [9.17, 15) is 0 Å². The molecule has 1 aromatic carbocycles. The van der Waals surface area contributed by atoms with E-state index >= 15 is 0 Å². The van der Waals surface area contributed by atoms with Crippen molar-refractivity contribution in [3.05, 3.63) is 52.6 Å².